The van der Waals surface area contributed by atoms with E-state index in [-0.39, 0.29) is 17.4 Å². The van der Waals surface area contributed by atoms with Crippen LogP contribution in [0, 0.1) is 35.0 Å². The summed E-state index contributed by atoms with van der Waals surface area (Å²) in [6, 6.07) is 0. The van der Waals surface area contributed by atoms with Gasteiger partial charge in [0.15, 0.2) is 0 Å². The number of hydrogen-bond donors (Lipinski definition) is 1. The molecule has 32 heavy (non-hydrogen) atoms. The lowest BCUT2D eigenvalue weighted by Gasteiger charge is -2.67. The average molecular weight is 440 g/mol. The van der Waals surface area contributed by atoms with Gasteiger partial charge in [-0.3, -0.25) is 4.90 Å². The molecule has 3 nitrogen and oxygen atoms in total. The van der Waals surface area contributed by atoms with E-state index < -0.39 is 0 Å². The molecule has 9 atom stereocenters. The lowest BCUT2D eigenvalue weighted by Crippen LogP contribution is -2.75. The highest BCUT2D eigenvalue weighted by atomic mass is 16.6. The maximum atomic E-state index is 10.2. The van der Waals surface area contributed by atoms with Crippen molar-refractivity contribution in [1.82, 2.24) is 4.90 Å². The van der Waals surface area contributed by atoms with Crippen molar-refractivity contribution >= 4 is 0 Å². The lowest BCUT2D eigenvalue weighted by molar-refractivity contribution is -0.384. The first-order valence-electron chi connectivity index (χ1n) is 13.7. The van der Waals surface area contributed by atoms with E-state index in [9.17, 15) is 5.11 Å². The zero-order valence-corrected chi connectivity index (χ0v) is 21.1. The molecule has 0 radical (unpaired) electrons. The van der Waals surface area contributed by atoms with Gasteiger partial charge in [-0.2, -0.15) is 0 Å². The number of nitrogens with zero attached hydrogens (tertiary/aromatic N) is 1. The second-order valence-corrected chi connectivity index (χ2v) is 13.1. The van der Waals surface area contributed by atoms with Crippen LogP contribution >= 0.6 is 0 Å². The van der Waals surface area contributed by atoms with E-state index in [1.807, 2.05) is 5.57 Å². The van der Waals surface area contributed by atoms with Crippen LogP contribution in [0.3, 0.4) is 0 Å². The topological polar surface area (TPSA) is 32.7 Å². The Morgan fingerprint density at radius 1 is 1.09 bits per heavy atom. The molecule has 2 spiro atoms. The second-order valence-electron chi connectivity index (χ2n) is 13.1. The van der Waals surface area contributed by atoms with Crippen molar-refractivity contribution in [3.05, 3.63) is 22.8 Å². The monoisotopic (exact) mass is 439 g/mol. The number of allylic oxidation sites excluding steroid dienone is 2. The molecule has 0 aromatic rings. The van der Waals surface area contributed by atoms with Gasteiger partial charge in [0.25, 0.3) is 0 Å². The summed E-state index contributed by atoms with van der Waals surface area (Å²) in [6.07, 6.45) is 14.2. The van der Waals surface area contributed by atoms with Gasteiger partial charge < -0.3 is 9.84 Å². The fourth-order valence-electron chi connectivity index (χ4n) is 9.71. The Morgan fingerprint density at radius 3 is 2.66 bits per heavy atom. The molecule has 6 rings (SSSR count). The van der Waals surface area contributed by atoms with Crippen molar-refractivity contribution in [2.24, 2.45) is 35.0 Å². The first kappa shape index (κ1) is 21.9. The van der Waals surface area contributed by atoms with E-state index in [2.05, 4.69) is 45.7 Å². The molecule has 4 fully saturated rings. The standard InChI is InChI=1S/C29H45NO2/c1-18-8-13-29(30(5)17-18)20(3)28(32-29)12-10-23-24-7-6-21-14-22(31)9-11-27(21,4)26(24)15-25(23)19(2)16-28/h14,18,20,22-24,26,31H,6-13,15-17H2,1-5H3/t18?,20-,22?,23?,24?,26?,27?,28?,29?/m0/s1. The zero-order valence-electron chi connectivity index (χ0n) is 21.1. The van der Waals surface area contributed by atoms with Crippen molar-refractivity contribution in [2.45, 2.75) is 109 Å². The minimum Gasteiger partial charge on any atom is -0.389 e. The molecular formula is C29H45NO2. The summed E-state index contributed by atoms with van der Waals surface area (Å²) in [5.74, 6) is 3.82. The smallest absolute Gasteiger partial charge is 0.127 e. The van der Waals surface area contributed by atoms with Gasteiger partial charge in [0, 0.05) is 12.5 Å². The van der Waals surface area contributed by atoms with E-state index in [1.165, 1.54) is 57.9 Å². The number of likely N-dealkylation sites (tertiary alicyclic amines) is 1. The molecule has 0 aromatic heterocycles. The Morgan fingerprint density at radius 2 is 1.91 bits per heavy atom. The van der Waals surface area contributed by atoms with Crippen LogP contribution in [-0.4, -0.2) is 41.0 Å². The summed E-state index contributed by atoms with van der Waals surface area (Å²) in [6.45, 7) is 11.0. The molecule has 2 saturated carbocycles. The SMILES string of the molecule is CC1=C2CC3C(CCC4=CC(O)CCC43C)C2CCC2(C1)OC1(CCC(C)CN1C)[C@H]2C. The maximum Gasteiger partial charge on any atom is 0.127 e. The van der Waals surface area contributed by atoms with Crippen LogP contribution in [0.2, 0.25) is 0 Å². The van der Waals surface area contributed by atoms with Gasteiger partial charge in [-0.05, 0) is 107 Å². The minimum atomic E-state index is -0.201. The van der Waals surface area contributed by atoms with Crippen LogP contribution in [0.1, 0.15) is 91.9 Å². The number of aliphatic hydroxyl groups excluding tert-OH is 1. The Hall–Kier alpha value is -0.640. The highest BCUT2D eigenvalue weighted by Crippen LogP contribution is 2.66. The molecule has 2 aliphatic heterocycles. The quantitative estimate of drug-likeness (QED) is 0.464. The molecule has 3 heteroatoms. The average Bonchev–Trinajstić information content (AvgIpc) is 3.07. The van der Waals surface area contributed by atoms with Crippen molar-refractivity contribution in [3.8, 4) is 0 Å². The predicted octanol–water partition coefficient (Wildman–Crippen LogP) is 6.08. The van der Waals surface area contributed by atoms with Crippen LogP contribution in [-0.2, 0) is 4.74 Å². The summed E-state index contributed by atoms with van der Waals surface area (Å²) < 4.78 is 7.09. The zero-order chi connectivity index (χ0) is 22.5. The van der Waals surface area contributed by atoms with Gasteiger partial charge in [0.05, 0.1) is 11.7 Å². The number of rotatable bonds is 0. The first-order valence-corrected chi connectivity index (χ1v) is 13.7. The molecule has 0 aromatic carbocycles. The highest BCUT2D eigenvalue weighted by Gasteiger charge is 2.66. The van der Waals surface area contributed by atoms with Gasteiger partial charge in [-0.15, -0.1) is 0 Å². The number of aliphatic hydroxyl groups is 1. The van der Waals surface area contributed by atoms with Gasteiger partial charge in [0.1, 0.15) is 5.72 Å². The van der Waals surface area contributed by atoms with Gasteiger partial charge in [-0.1, -0.05) is 43.6 Å². The van der Waals surface area contributed by atoms with Crippen molar-refractivity contribution in [2.75, 3.05) is 13.6 Å². The van der Waals surface area contributed by atoms with E-state index in [4.69, 9.17) is 4.74 Å². The van der Waals surface area contributed by atoms with E-state index in [0.717, 1.165) is 36.5 Å². The number of fused-ring (bicyclic) bond motifs is 5. The first-order chi connectivity index (χ1) is 15.2. The molecule has 178 valence electrons. The molecule has 2 saturated heterocycles. The molecule has 1 N–H and O–H groups in total. The van der Waals surface area contributed by atoms with Gasteiger partial charge in [0.2, 0.25) is 0 Å². The fourth-order valence-corrected chi connectivity index (χ4v) is 9.71. The fraction of sp³-hybridized carbons (Fsp3) is 0.862. The van der Waals surface area contributed by atoms with E-state index in [0.29, 0.717) is 11.3 Å². The molecular weight excluding hydrogens is 394 g/mol. The number of ether oxygens (including phenoxy) is 1. The van der Waals surface area contributed by atoms with Crippen LogP contribution in [0.25, 0.3) is 0 Å². The van der Waals surface area contributed by atoms with Crippen LogP contribution in [0.5, 0.6) is 0 Å². The molecule has 0 bridgehead atoms. The molecule has 6 aliphatic rings. The van der Waals surface area contributed by atoms with Crippen molar-refractivity contribution in [3.63, 3.8) is 0 Å². The van der Waals surface area contributed by atoms with Gasteiger partial charge >= 0.3 is 0 Å². The van der Waals surface area contributed by atoms with E-state index >= 15 is 0 Å². The van der Waals surface area contributed by atoms with Crippen LogP contribution in [0.15, 0.2) is 22.8 Å². The van der Waals surface area contributed by atoms with E-state index in [1.54, 1.807) is 11.1 Å². The van der Waals surface area contributed by atoms with Crippen molar-refractivity contribution < 1.29 is 9.84 Å². The third kappa shape index (κ3) is 2.83. The Labute approximate surface area is 195 Å². The molecule has 2 heterocycles. The predicted molar refractivity (Wildman–Crippen MR) is 129 cm³/mol. The number of piperidine rings is 1. The Bertz CT molecular complexity index is 861. The van der Waals surface area contributed by atoms with Crippen LogP contribution < -0.4 is 0 Å². The highest BCUT2D eigenvalue weighted by molar-refractivity contribution is 5.34. The maximum absolute atomic E-state index is 10.2. The summed E-state index contributed by atoms with van der Waals surface area (Å²) in [7, 11) is 2.30. The normalized spacial score (nSPS) is 53.4. The van der Waals surface area contributed by atoms with Gasteiger partial charge in [-0.25, -0.2) is 0 Å². The molecule has 8 unspecified atom stereocenters. The lowest BCUT2D eigenvalue weighted by atomic mass is 9.56. The Kier molecular flexibility index (Phi) is 4.91. The third-order valence-corrected chi connectivity index (χ3v) is 11.6. The summed E-state index contributed by atoms with van der Waals surface area (Å²) in [5, 5.41) is 10.2. The minimum absolute atomic E-state index is 0.000383. The summed E-state index contributed by atoms with van der Waals surface area (Å²) in [4.78, 5) is 2.55. The molecule has 4 aliphatic carbocycles. The summed E-state index contributed by atoms with van der Waals surface area (Å²) in [5.41, 5.74) is 5.46. The second kappa shape index (κ2) is 7.18. The Balaban J connectivity index is 1.26. The van der Waals surface area contributed by atoms with Crippen LogP contribution in [0.4, 0.5) is 0 Å². The third-order valence-electron chi connectivity index (χ3n) is 11.6. The summed E-state index contributed by atoms with van der Waals surface area (Å²) >= 11 is 0. The van der Waals surface area contributed by atoms with Crippen molar-refractivity contribution in [1.29, 1.82) is 0 Å². The molecule has 0 amide bonds. The largest absolute Gasteiger partial charge is 0.389 e. The number of hydrogen-bond acceptors (Lipinski definition) is 3.